The number of aromatic nitrogens is 4. The van der Waals surface area contributed by atoms with E-state index in [1.807, 2.05) is 12.1 Å². The number of thiophene rings is 1. The second-order valence-corrected chi connectivity index (χ2v) is 9.96. The highest BCUT2D eigenvalue weighted by Crippen LogP contribution is 2.40. The number of hydrogen-bond acceptors (Lipinski definition) is 8. The molecule has 0 atom stereocenters. The Hall–Kier alpha value is -4.33. The first-order chi connectivity index (χ1) is 18.2. The first kappa shape index (κ1) is 25.3. The Morgan fingerprint density at radius 2 is 1.97 bits per heavy atom. The maximum Gasteiger partial charge on any atom is 0.338 e. The number of aryl methyl sites for hydroxylation is 3. The molecular formula is C27H20ClN5O4S. The van der Waals surface area contributed by atoms with Crippen LogP contribution >= 0.6 is 22.9 Å². The van der Waals surface area contributed by atoms with E-state index in [1.165, 1.54) is 22.1 Å². The van der Waals surface area contributed by atoms with Crippen LogP contribution in [-0.2, 0) is 6.54 Å². The standard InChI is InChI=1S/C27H20ClN5O4S/c1-13-8-19(25-24(31-13)20(12-38-25)27(35)36)18-9-17(28)4-5-21(18)37-7-6-33-15(3)32-23-14(2)30-11-16(10-29)22(23)26(33)34/h4-5,8-9,11-12H,6-7H2,1-3H3,(H,35,36). The van der Waals surface area contributed by atoms with E-state index in [0.717, 1.165) is 5.56 Å². The molecule has 38 heavy (non-hydrogen) atoms. The minimum absolute atomic E-state index is 0.131. The molecule has 0 saturated heterocycles. The van der Waals surface area contributed by atoms with Gasteiger partial charge in [0.2, 0.25) is 0 Å². The SMILES string of the molecule is Cc1cc(-c2cc(Cl)ccc2OCCn2c(C)nc3c(C)ncc(C#N)c3c2=O)c2scc(C(=O)O)c2n1. The zero-order valence-corrected chi connectivity index (χ0v) is 22.1. The van der Waals surface area contributed by atoms with Crippen molar-refractivity contribution in [2.75, 3.05) is 6.61 Å². The molecule has 0 aliphatic carbocycles. The third-order valence-corrected chi connectivity index (χ3v) is 7.40. The molecule has 0 bridgehead atoms. The van der Waals surface area contributed by atoms with Crippen LogP contribution in [-0.4, -0.2) is 37.2 Å². The molecule has 0 aliphatic rings. The van der Waals surface area contributed by atoms with Gasteiger partial charge in [0.05, 0.1) is 39.0 Å². The summed E-state index contributed by atoms with van der Waals surface area (Å²) in [6, 6.07) is 9.09. The van der Waals surface area contributed by atoms with Crippen LogP contribution < -0.4 is 10.3 Å². The van der Waals surface area contributed by atoms with Crippen molar-refractivity contribution in [3.05, 3.63) is 79.6 Å². The number of carboxylic acid groups (broad SMARTS) is 1. The first-order valence-corrected chi connectivity index (χ1v) is 12.8. The summed E-state index contributed by atoms with van der Waals surface area (Å²) in [5, 5.41) is 21.4. The molecule has 0 fully saturated rings. The highest BCUT2D eigenvalue weighted by molar-refractivity contribution is 7.18. The minimum atomic E-state index is -1.04. The monoisotopic (exact) mass is 545 g/mol. The van der Waals surface area contributed by atoms with Gasteiger partial charge in [-0.3, -0.25) is 19.3 Å². The Balaban J connectivity index is 1.52. The smallest absolute Gasteiger partial charge is 0.338 e. The largest absolute Gasteiger partial charge is 0.491 e. The van der Waals surface area contributed by atoms with Gasteiger partial charge < -0.3 is 9.84 Å². The molecule has 0 radical (unpaired) electrons. The number of halogens is 1. The average Bonchev–Trinajstić information content (AvgIpc) is 3.31. The number of ether oxygens (including phenoxy) is 1. The van der Waals surface area contributed by atoms with E-state index < -0.39 is 5.97 Å². The van der Waals surface area contributed by atoms with Gasteiger partial charge in [-0.05, 0) is 45.0 Å². The maximum atomic E-state index is 13.3. The quantitative estimate of drug-likeness (QED) is 0.304. The summed E-state index contributed by atoms with van der Waals surface area (Å²) in [5.41, 5.74) is 3.47. The Labute approximate surface area is 225 Å². The van der Waals surface area contributed by atoms with Gasteiger partial charge in [-0.15, -0.1) is 11.3 Å². The number of pyridine rings is 2. The van der Waals surface area contributed by atoms with Crippen LogP contribution in [0.1, 0.15) is 33.1 Å². The van der Waals surface area contributed by atoms with Gasteiger partial charge in [-0.2, -0.15) is 5.26 Å². The Morgan fingerprint density at radius 1 is 1.18 bits per heavy atom. The van der Waals surface area contributed by atoms with Crippen molar-refractivity contribution in [3.8, 4) is 22.9 Å². The average molecular weight is 546 g/mol. The summed E-state index contributed by atoms with van der Waals surface area (Å²) in [6.45, 7) is 5.59. The lowest BCUT2D eigenvalue weighted by Crippen LogP contribution is -2.27. The van der Waals surface area contributed by atoms with Gasteiger partial charge in [0.25, 0.3) is 5.56 Å². The molecule has 190 valence electrons. The van der Waals surface area contributed by atoms with Crippen LogP contribution in [0.25, 0.3) is 32.2 Å². The molecule has 5 rings (SSSR count). The van der Waals surface area contributed by atoms with Gasteiger partial charge in [0.15, 0.2) is 0 Å². The number of rotatable bonds is 6. The summed E-state index contributed by atoms with van der Waals surface area (Å²) in [4.78, 5) is 38.2. The highest BCUT2D eigenvalue weighted by atomic mass is 35.5. The van der Waals surface area contributed by atoms with Gasteiger partial charge in [0.1, 0.15) is 29.8 Å². The van der Waals surface area contributed by atoms with Crippen molar-refractivity contribution in [1.82, 2.24) is 19.5 Å². The Kier molecular flexibility index (Phi) is 6.57. The number of benzene rings is 1. The van der Waals surface area contributed by atoms with Crippen molar-refractivity contribution < 1.29 is 14.6 Å². The fourth-order valence-corrected chi connectivity index (χ4v) is 5.56. The van der Waals surface area contributed by atoms with E-state index in [2.05, 4.69) is 15.0 Å². The molecule has 1 aromatic carbocycles. The summed E-state index contributed by atoms with van der Waals surface area (Å²) in [5.74, 6) is -0.0457. The zero-order valence-electron chi connectivity index (χ0n) is 20.6. The second kappa shape index (κ2) is 9.85. The predicted molar refractivity (Wildman–Crippen MR) is 145 cm³/mol. The predicted octanol–water partition coefficient (Wildman–Crippen LogP) is 5.30. The topological polar surface area (TPSA) is 131 Å². The summed E-state index contributed by atoms with van der Waals surface area (Å²) in [6.07, 6.45) is 1.38. The van der Waals surface area contributed by atoms with Crippen molar-refractivity contribution in [1.29, 1.82) is 5.26 Å². The molecule has 11 heteroatoms. The van der Waals surface area contributed by atoms with Crippen molar-refractivity contribution in [3.63, 3.8) is 0 Å². The van der Waals surface area contributed by atoms with E-state index in [-0.39, 0.29) is 35.2 Å². The minimum Gasteiger partial charge on any atom is -0.491 e. The molecule has 0 amide bonds. The lowest BCUT2D eigenvalue weighted by Gasteiger charge is -2.16. The Bertz CT molecular complexity index is 1870. The summed E-state index contributed by atoms with van der Waals surface area (Å²) < 4.78 is 8.33. The molecular weight excluding hydrogens is 526 g/mol. The van der Waals surface area contributed by atoms with E-state index in [9.17, 15) is 20.0 Å². The van der Waals surface area contributed by atoms with E-state index >= 15 is 0 Å². The molecule has 1 N–H and O–H groups in total. The number of aromatic carboxylic acids is 1. The summed E-state index contributed by atoms with van der Waals surface area (Å²) in [7, 11) is 0. The molecule has 0 spiro atoms. The number of hydrogen-bond donors (Lipinski definition) is 1. The number of carbonyl (C=O) groups is 1. The van der Waals surface area contributed by atoms with Crippen LogP contribution in [0.3, 0.4) is 0 Å². The lowest BCUT2D eigenvalue weighted by atomic mass is 10.0. The van der Waals surface area contributed by atoms with Crippen molar-refractivity contribution in [2.45, 2.75) is 27.3 Å². The second-order valence-electron chi connectivity index (χ2n) is 8.64. The highest BCUT2D eigenvalue weighted by Gasteiger charge is 2.20. The summed E-state index contributed by atoms with van der Waals surface area (Å²) >= 11 is 7.62. The normalized spacial score (nSPS) is 11.1. The maximum absolute atomic E-state index is 13.3. The zero-order chi connectivity index (χ0) is 27.1. The molecule has 0 aliphatic heterocycles. The molecule has 0 saturated carbocycles. The lowest BCUT2D eigenvalue weighted by molar-refractivity contribution is 0.0699. The van der Waals surface area contributed by atoms with Crippen molar-refractivity contribution >= 4 is 50.0 Å². The van der Waals surface area contributed by atoms with Crippen LogP contribution in [0.5, 0.6) is 5.75 Å². The van der Waals surface area contributed by atoms with Crippen LogP contribution in [0.15, 0.2) is 40.6 Å². The number of nitrogens with zero attached hydrogens (tertiary/aromatic N) is 5. The van der Waals surface area contributed by atoms with E-state index in [0.29, 0.717) is 49.3 Å². The molecule has 5 aromatic rings. The molecule has 4 heterocycles. The van der Waals surface area contributed by atoms with Gasteiger partial charge >= 0.3 is 5.97 Å². The molecule has 0 unspecified atom stereocenters. The number of nitriles is 1. The van der Waals surface area contributed by atoms with E-state index in [1.54, 1.807) is 44.4 Å². The third-order valence-electron chi connectivity index (χ3n) is 6.17. The third kappa shape index (κ3) is 4.36. The fourth-order valence-electron chi connectivity index (χ4n) is 4.38. The van der Waals surface area contributed by atoms with Crippen LogP contribution in [0, 0.1) is 32.1 Å². The number of fused-ring (bicyclic) bond motifs is 2. The molecule has 4 aromatic heterocycles. The van der Waals surface area contributed by atoms with Crippen LogP contribution in [0.4, 0.5) is 0 Å². The van der Waals surface area contributed by atoms with Crippen molar-refractivity contribution in [2.24, 2.45) is 0 Å². The fraction of sp³-hybridized carbons (Fsp3) is 0.185. The van der Waals surface area contributed by atoms with Gasteiger partial charge in [-0.1, -0.05) is 11.6 Å². The molecule has 9 nitrogen and oxygen atoms in total. The first-order valence-electron chi connectivity index (χ1n) is 11.5. The van der Waals surface area contributed by atoms with E-state index in [4.69, 9.17) is 16.3 Å². The number of carboxylic acids is 1. The Morgan fingerprint density at radius 3 is 2.71 bits per heavy atom. The van der Waals surface area contributed by atoms with Gasteiger partial charge in [0, 0.05) is 33.4 Å². The van der Waals surface area contributed by atoms with Crippen LogP contribution in [0.2, 0.25) is 5.02 Å². The van der Waals surface area contributed by atoms with Gasteiger partial charge in [-0.25, -0.2) is 9.78 Å².